The molecule has 0 saturated carbocycles. The molecule has 4 atom stereocenters. The van der Waals surface area contributed by atoms with Crippen LogP contribution in [0.25, 0.3) is 0 Å². The summed E-state index contributed by atoms with van der Waals surface area (Å²) in [5.74, 6) is 3.31. The number of rotatable bonds is 39. The molecule has 0 aliphatic heterocycles. The number of benzene rings is 12. The summed E-state index contributed by atoms with van der Waals surface area (Å²) in [5.41, 5.74) is 14.4. The molecule has 0 radical (unpaired) electrons. The second-order valence-corrected chi connectivity index (χ2v) is 68.0. The van der Waals surface area contributed by atoms with Crippen LogP contribution in [0.5, 0.6) is 57.5 Å². The molecule has 4 unspecified atom stereocenters. The van der Waals surface area contributed by atoms with E-state index in [2.05, 4.69) is 233 Å². The van der Waals surface area contributed by atoms with E-state index < -0.39 is 40.4 Å². The van der Waals surface area contributed by atoms with E-state index >= 15 is 0 Å². The summed E-state index contributed by atoms with van der Waals surface area (Å²) in [5, 5.41) is 98.1. The van der Waals surface area contributed by atoms with E-state index in [1.165, 1.54) is 135 Å². The topological polar surface area (TPSA) is 202 Å². The van der Waals surface area contributed by atoms with Crippen LogP contribution in [0.3, 0.4) is 0 Å². The van der Waals surface area contributed by atoms with Gasteiger partial charge in [0.25, 0.3) is 0 Å². The lowest BCUT2D eigenvalue weighted by Crippen LogP contribution is -2.61. The van der Waals surface area contributed by atoms with Gasteiger partial charge in [-0.1, -0.05) is 377 Å². The van der Waals surface area contributed by atoms with Gasteiger partial charge in [0, 0.05) is 0 Å². The quantitative estimate of drug-likeness (QED) is 0.0130. The highest BCUT2D eigenvalue weighted by molar-refractivity contribution is 6.93. The maximum absolute atomic E-state index is 9.73. The van der Waals surface area contributed by atoms with E-state index in [4.69, 9.17) is 0 Å². The Balaban J connectivity index is 0.000000229. The summed E-state index contributed by atoms with van der Waals surface area (Å²) in [4.78, 5) is 0. The van der Waals surface area contributed by atoms with Crippen LogP contribution in [-0.4, -0.2) is 91.4 Å². The highest BCUT2D eigenvalue weighted by Gasteiger charge is 2.50. The van der Waals surface area contributed by atoms with Gasteiger partial charge in [-0.2, -0.15) is 0 Å². The summed E-state index contributed by atoms with van der Waals surface area (Å²) >= 11 is 0. The molecule has 718 valence electrons. The van der Waals surface area contributed by atoms with Crippen molar-refractivity contribution in [3.8, 4) is 57.5 Å². The first-order chi connectivity index (χ1) is 63.5. The third-order valence-corrected chi connectivity index (χ3v) is 61.7. The molecule has 0 fully saturated rings. The van der Waals surface area contributed by atoms with Crippen LogP contribution in [-0.2, 0) is 68.5 Å². The van der Waals surface area contributed by atoms with Gasteiger partial charge in [0.1, 0.15) is 57.5 Å². The van der Waals surface area contributed by atoms with Gasteiger partial charge in [-0.15, -0.1) is 13.2 Å². The summed E-state index contributed by atoms with van der Waals surface area (Å²) in [6.07, 6.45) is 15.4. The zero-order valence-corrected chi connectivity index (χ0v) is 89.3. The van der Waals surface area contributed by atoms with E-state index in [1.54, 1.807) is 97.1 Å². The summed E-state index contributed by atoms with van der Waals surface area (Å²) in [6, 6.07) is 109. The molecular formula is C119H162O10Si5. The number of hydrogen-bond donors (Lipinski definition) is 10. The van der Waals surface area contributed by atoms with Crippen LogP contribution in [0.1, 0.15) is 183 Å². The van der Waals surface area contributed by atoms with Crippen LogP contribution >= 0.6 is 0 Å². The molecule has 134 heavy (non-hydrogen) atoms. The minimum Gasteiger partial charge on any atom is -0.508 e. The van der Waals surface area contributed by atoms with Crippen molar-refractivity contribution in [1.29, 1.82) is 0 Å². The van der Waals surface area contributed by atoms with Crippen LogP contribution in [0.4, 0.5) is 0 Å². The molecule has 0 saturated heterocycles. The molecule has 0 bridgehead atoms. The molecule has 0 spiro atoms. The van der Waals surface area contributed by atoms with Gasteiger partial charge in [-0.25, -0.2) is 0 Å². The average molecular weight is 1890 g/mol. The fourth-order valence-corrected chi connectivity index (χ4v) is 39.6. The molecule has 12 aromatic carbocycles. The van der Waals surface area contributed by atoms with Crippen LogP contribution in [0.2, 0.25) is 95.7 Å². The van der Waals surface area contributed by atoms with Gasteiger partial charge in [0.15, 0.2) is 0 Å². The number of aryl methyl sites for hydroxylation is 5. The summed E-state index contributed by atoms with van der Waals surface area (Å²) < 4.78 is 0. The van der Waals surface area contributed by atoms with E-state index in [9.17, 15) is 51.1 Å². The highest BCUT2D eigenvalue weighted by Crippen LogP contribution is 2.54. The molecule has 15 heteroatoms. The fraction of sp³-hybridized carbons (Fsp3) is 0.378. The minimum absolute atomic E-state index is 0.00438. The monoisotopic (exact) mass is 1890 g/mol. The zero-order valence-electron chi connectivity index (χ0n) is 84.3. The molecule has 0 amide bonds. The Morgan fingerprint density at radius 3 is 0.873 bits per heavy atom. The third kappa shape index (κ3) is 31.5. The SMILES string of the molecule is C=C.CC(C)(Cc1ccc(O)cc1)[Si](C)(C)CCCc1ccc(O)cc1.CC(C)(Cc1ccc(O)cc1)[Si](C)(C)Cc1ccc(O)cc1.CC(CCc1ccc(O)cc1)(c1ccccc1)[Si](C)(CCc1ccc(O)cc1)c1ccccc1.CCC(C)(CCc1ccc(O)cc1)[Si](C)(CC)CCc1ccc(O)cc1.CCC(CC)(Cc1ccc(O)cc1)[Si](CC)(CC)Cc1ccc(O)cc1. The fourth-order valence-electron chi connectivity index (χ4n) is 19.9. The number of phenolic OH excluding ortho intramolecular Hbond substituents is 10. The minimum atomic E-state index is -2.09. The van der Waals surface area contributed by atoms with E-state index in [0.717, 1.165) is 69.9 Å². The Morgan fingerprint density at radius 1 is 0.261 bits per heavy atom. The van der Waals surface area contributed by atoms with E-state index in [-0.39, 0.29) is 10.1 Å². The first-order valence-electron chi connectivity index (χ1n) is 49.0. The molecule has 10 nitrogen and oxygen atoms in total. The lowest BCUT2D eigenvalue weighted by Gasteiger charge is -2.49. The molecule has 10 N–H and O–H groups in total. The van der Waals surface area contributed by atoms with Gasteiger partial charge >= 0.3 is 0 Å². The van der Waals surface area contributed by atoms with Gasteiger partial charge in [-0.3, -0.25) is 0 Å². The van der Waals surface area contributed by atoms with Crippen molar-refractivity contribution in [2.75, 3.05) is 0 Å². The average Bonchev–Trinajstić information content (AvgIpc) is 0.727. The molecule has 12 aromatic rings. The van der Waals surface area contributed by atoms with Gasteiger partial charge in [0.2, 0.25) is 0 Å². The van der Waals surface area contributed by atoms with Gasteiger partial charge < -0.3 is 51.1 Å². The Bertz CT molecular complexity index is 5060. The molecule has 12 rings (SSSR count). The molecule has 0 aromatic heterocycles. The van der Waals surface area contributed by atoms with E-state index in [0.29, 0.717) is 72.6 Å². The predicted octanol–water partition coefficient (Wildman–Crippen LogP) is 31.2. The molecule has 0 aliphatic rings. The standard InChI is InChI=1S/C31H34O2Si.2C23H34O2Si.C21H30O2Si.C19H26O2Si.C2H4/c1-31(27-9-5-3-6-10-27,23-21-25-13-17-28(32)18-14-25)34(2,30-11-7-4-8-12-30)24-22-26-15-19-29(33)20-16-26;1-5-23(3,17-15-19-7-11-21(24)12-8-19)26(4,6-2)18-16-20-9-13-22(25)14-10-20;1-5-23(6-2,17-19-9-13-21(24)14-10-19)26(7-3,8-4)18-20-11-15-22(25)16-12-20;1-21(2,16-18-9-13-20(23)14-10-18)24(3,4)15-5-6-17-7-11-19(22)12-8-17;1-19(2,13-15-5-9-17(20)10-6-15)22(3,4)14-16-7-11-18(21)12-8-16;1-2/h3-20,32-33H,21-24H2,1-2H3;7-14,24-25H,5-6,15-18H2,1-4H3;9-16,24-25H,5-8,17-18H2,1-4H3;7-14,22-23H,5-6,15-16H2,1-4H3;5-12,20-21H,13-14H2,1-4H3;1-2H2. The van der Waals surface area contributed by atoms with Crippen molar-refractivity contribution in [2.45, 2.75) is 286 Å². The maximum Gasteiger partial charge on any atom is 0.115 e. The molecule has 0 heterocycles. The zero-order chi connectivity index (χ0) is 98.6. The van der Waals surface area contributed by atoms with Crippen molar-refractivity contribution in [3.05, 3.63) is 378 Å². The Labute approximate surface area is 811 Å². The van der Waals surface area contributed by atoms with Crippen molar-refractivity contribution in [3.63, 3.8) is 0 Å². The van der Waals surface area contributed by atoms with Crippen molar-refractivity contribution in [2.24, 2.45) is 0 Å². The normalized spacial score (nSPS) is 13.5. The lowest BCUT2D eigenvalue weighted by atomic mass is 9.92. The van der Waals surface area contributed by atoms with Crippen LogP contribution in [0, 0.1) is 0 Å². The first-order valence-corrected chi connectivity index (χ1v) is 63.6. The third-order valence-electron chi connectivity index (χ3n) is 32.0. The predicted molar refractivity (Wildman–Crippen MR) is 583 cm³/mol. The van der Waals surface area contributed by atoms with E-state index in [1.807, 2.05) is 109 Å². The second-order valence-electron chi connectivity index (χ2n) is 41.1. The number of phenols is 10. The smallest absolute Gasteiger partial charge is 0.115 e. The van der Waals surface area contributed by atoms with Gasteiger partial charge in [0.05, 0.1) is 40.4 Å². The number of aromatic hydroxyl groups is 10. The Hall–Kier alpha value is -10.5. The highest BCUT2D eigenvalue weighted by atomic mass is 28.3. The Kier molecular flexibility index (Phi) is 42.4. The first kappa shape index (κ1) is 110. The summed E-state index contributed by atoms with van der Waals surface area (Å²) in [6.45, 7) is 49.6. The molecular weight excluding hydrogens is 1730 g/mol. The molecule has 0 aliphatic carbocycles. The largest absolute Gasteiger partial charge is 0.508 e. The van der Waals surface area contributed by atoms with Crippen LogP contribution in [0.15, 0.2) is 316 Å². The van der Waals surface area contributed by atoms with Crippen molar-refractivity contribution >= 4 is 45.6 Å². The van der Waals surface area contributed by atoms with Crippen molar-refractivity contribution in [1.82, 2.24) is 0 Å². The lowest BCUT2D eigenvalue weighted by molar-refractivity contribution is 0.470. The van der Waals surface area contributed by atoms with Crippen molar-refractivity contribution < 1.29 is 51.1 Å². The summed E-state index contributed by atoms with van der Waals surface area (Å²) in [7, 11) is -8.10. The maximum atomic E-state index is 9.73. The number of hydrogen-bond acceptors (Lipinski definition) is 10. The Morgan fingerprint density at radius 2 is 0.545 bits per heavy atom. The van der Waals surface area contributed by atoms with Crippen LogP contribution < -0.4 is 5.19 Å². The van der Waals surface area contributed by atoms with Gasteiger partial charge in [-0.05, 0) is 279 Å². The second kappa shape index (κ2) is 51.4.